The summed E-state index contributed by atoms with van der Waals surface area (Å²) in [6.45, 7) is 4.02. The van der Waals surface area contributed by atoms with Crippen LogP contribution in [0.5, 0.6) is 0 Å². The van der Waals surface area contributed by atoms with E-state index in [0.29, 0.717) is 6.54 Å². The number of nitrogens with one attached hydrogen (secondary N) is 3. The fraction of sp³-hybridized carbons (Fsp3) is 0.417. The van der Waals surface area contributed by atoms with Gasteiger partial charge < -0.3 is 15.7 Å². The number of carbonyl (C=O) groups is 3. The number of anilines is 1. The Bertz CT molecular complexity index is 501. The van der Waals surface area contributed by atoms with Gasteiger partial charge in [-0.3, -0.25) is 10.1 Å². The highest BCUT2D eigenvalue weighted by atomic mass is 32.1. The van der Waals surface area contributed by atoms with Crippen molar-refractivity contribution in [2.75, 3.05) is 11.9 Å². The molecule has 1 aromatic rings. The van der Waals surface area contributed by atoms with E-state index >= 15 is 0 Å². The van der Waals surface area contributed by atoms with Crippen LogP contribution < -0.4 is 16.0 Å². The fourth-order valence-electron chi connectivity index (χ4n) is 1.38. The third kappa shape index (κ3) is 4.54. The highest BCUT2D eigenvalue weighted by Crippen LogP contribution is 2.22. The molecule has 7 nitrogen and oxygen atoms in total. The van der Waals surface area contributed by atoms with Crippen molar-refractivity contribution in [3.05, 3.63) is 17.0 Å². The Morgan fingerprint density at radius 1 is 1.40 bits per heavy atom. The first kappa shape index (κ1) is 16.0. The first-order chi connectivity index (χ1) is 9.45. The van der Waals surface area contributed by atoms with E-state index in [1.54, 1.807) is 12.3 Å². The maximum Gasteiger partial charge on any atom is 0.338 e. The van der Waals surface area contributed by atoms with Crippen LogP contribution in [-0.4, -0.2) is 35.6 Å². The second kappa shape index (κ2) is 7.49. The van der Waals surface area contributed by atoms with Crippen LogP contribution in [-0.2, 0) is 4.79 Å². The van der Waals surface area contributed by atoms with E-state index in [1.807, 2.05) is 6.92 Å². The van der Waals surface area contributed by atoms with Crippen molar-refractivity contribution < 1.29 is 19.5 Å². The zero-order valence-electron chi connectivity index (χ0n) is 11.2. The zero-order valence-corrected chi connectivity index (χ0v) is 12.0. The third-order valence-electron chi connectivity index (χ3n) is 2.41. The molecule has 0 saturated carbocycles. The van der Waals surface area contributed by atoms with Crippen LogP contribution in [0.2, 0.25) is 0 Å². The number of amides is 3. The monoisotopic (exact) mass is 299 g/mol. The van der Waals surface area contributed by atoms with Crippen molar-refractivity contribution in [3.8, 4) is 0 Å². The molecular weight excluding hydrogens is 282 g/mol. The molecule has 1 unspecified atom stereocenters. The van der Waals surface area contributed by atoms with Gasteiger partial charge >= 0.3 is 12.0 Å². The number of thiophene rings is 1. The molecule has 110 valence electrons. The van der Waals surface area contributed by atoms with Gasteiger partial charge in [0.1, 0.15) is 11.0 Å². The molecule has 4 N–H and O–H groups in total. The summed E-state index contributed by atoms with van der Waals surface area (Å²) in [4.78, 5) is 34.1. The van der Waals surface area contributed by atoms with Gasteiger partial charge in [-0.25, -0.2) is 9.59 Å². The third-order valence-corrected chi connectivity index (χ3v) is 3.24. The number of aromatic carboxylic acids is 1. The standard InChI is InChI=1S/C12H17N3O4S/c1-3-5-13-9(16)7(2)14-12(19)15-10-8(11(17)18)4-6-20-10/h4,6-7H,3,5H2,1-2H3,(H,13,16)(H,17,18)(H2,14,15,19). The van der Waals surface area contributed by atoms with Gasteiger partial charge in [0.25, 0.3) is 0 Å². The fourth-order valence-corrected chi connectivity index (χ4v) is 2.15. The molecule has 8 heteroatoms. The minimum atomic E-state index is -1.12. The van der Waals surface area contributed by atoms with E-state index in [1.165, 1.54) is 6.07 Å². The lowest BCUT2D eigenvalue weighted by Gasteiger charge is -2.14. The number of carboxylic acids is 1. The van der Waals surface area contributed by atoms with Gasteiger partial charge in [-0.2, -0.15) is 0 Å². The van der Waals surface area contributed by atoms with Crippen molar-refractivity contribution in [3.63, 3.8) is 0 Å². The van der Waals surface area contributed by atoms with Crippen LogP contribution in [0, 0.1) is 0 Å². The van der Waals surface area contributed by atoms with Crippen LogP contribution in [0.15, 0.2) is 11.4 Å². The van der Waals surface area contributed by atoms with E-state index in [4.69, 9.17) is 5.11 Å². The Morgan fingerprint density at radius 3 is 2.70 bits per heavy atom. The first-order valence-electron chi connectivity index (χ1n) is 6.11. The van der Waals surface area contributed by atoms with Gasteiger partial charge in [0.2, 0.25) is 5.91 Å². The van der Waals surface area contributed by atoms with Gasteiger partial charge in [0.05, 0.1) is 5.56 Å². The molecule has 0 saturated heterocycles. The summed E-state index contributed by atoms with van der Waals surface area (Å²) in [5, 5.41) is 18.2. The lowest BCUT2D eigenvalue weighted by atomic mass is 10.3. The van der Waals surface area contributed by atoms with Crippen LogP contribution in [0.3, 0.4) is 0 Å². The molecule has 3 amide bonds. The molecule has 0 spiro atoms. The molecule has 1 aromatic heterocycles. The van der Waals surface area contributed by atoms with Crippen LogP contribution in [0.25, 0.3) is 0 Å². The summed E-state index contributed by atoms with van der Waals surface area (Å²) in [6, 6.07) is 0.0869. The quantitative estimate of drug-likeness (QED) is 0.638. The summed E-state index contributed by atoms with van der Waals surface area (Å²) in [6.07, 6.45) is 0.807. The summed E-state index contributed by atoms with van der Waals surface area (Å²) >= 11 is 1.10. The molecule has 0 aliphatic rings. The predicted octanol–water partition coefficient (Wildman–Crippen LogP) is 1.48. The van der Waals surface area contributed by atoms with E-state index in [-0.39, 0.29) is 16.5 Å². The molecule has 0 bridgehead atoms. The lowest BCUT2D eigenvalue weighted by Crippen LogP contribution is -2.46. The molecule has 1 atom stereocenters. The summed E-state index contributed by atoms with van der Waals surface area (Å²) in [5.41, 5.74) is 0.0215. The Hall–Kier alpha value is -2.09. The Balaban J connectivity index is 2.53. The number of hydrogen-bond acceptors (Lipinski definition) is 4. The Labute approximate surface area is 120 Å². The molecule has 0 radical (unpaired) electrons. The minimum Gasteiger partial charge on any atom is -0.478 e. The predicted molar refractivity (Wildman–Crippen MR) is 76.2 cm³/mol. The smallest absolute Gasteiger partial charge is 0.338 e. The summed E-state index contributed by atoms with van der Waals surface area (Å²) in [7, 11) is 0. The SMILES string of the molecule is CCCNC(=O)C(C)NC(=O)Nc1sccc1C(=O)O. The minimum absolute atomic E-state index is 0.0215. The highest BCUT2D eigenvalue weighted by molar-refractivity contribution is 7.14. The van der Waals surface area contributed by atoms with Crippen LogP contribution in [0.4, 0.5) is 9.80 Å². The molecule has 0 fully saturated rings. The average Bonchev–Trinajstić information content (AvgIpc) is 2.83. The first-order valence-corrected chi connectivity index (χ1v) is 6.99. The van der Waals surface area contributed by atoms with Gasteiger partial charge in [-0.15, -0.1) is 11.3 Å². The number of urea groups is 1. The zero-order chi connectivity index (χ0) is 15.1. The molecule has 20 heavy (non-hydrogen) atoms. The topological polar surface area (TPSA) is 108 Å². The largest absolute Gasteiger partial charge is 0.478 e. The van der Waals surface area contributed by atoms with Crippen LogP contribution in [0.1, 0.15) is 30.6 Å². The van der Waals surface area contributed by atoms with Crippen LogP contribution >= 0.6 is 11.3 Å². The van der Waals surface area contributed by atoms with Crippen molar-refractivity contribution in [1.29, 1.82) is 0 Å². The second-order valence-electron chi connectivity index (χ2n) is 4.08. The van der Waals surface area contributed by atoms with E-state index < -0.39 is 18.0 Å². The number of carbonyl (C=O) groups excluding carboxylic acids is 2. The van der Waals surface area contributed by atoms with Crippen molar-refractivity contribution in [1.82, 2.24) is 10.6 Å². The maximum atomic E-state index is 11.7. The number of carboxylic acid groups (broad SMARTS) is 1. The summed E-state index contributed by atoms with van der Waals surface area (Å²) < 4.78 is 0. The second-order valence-corrected chi connectivity index (χ2v) is 5.00. The maximum absolute atomic E-state index is 11.7. The van der Waals surface area contributed by atoms with Gasteiger partial charge in [-0.05, 0) is 24.8 Å². The number of hydrogen-bond donors (Lipinski definition) is 4. The van der Waals surface area contributed by atoms with Gasteiger partial charge in [0.15, 0.2) is 0 Å². The molecule has 0 aliphatic heterocycles. The molecule has 0 aromatic carbocycles. The van der Waals surface area contributed by atoms with E-state index in [2.05, 4.69) is 16.0 Å². The Morgan fingerprint density at radius 2 is 2.10 bits per heavy atom. The Kier molecular flexibility index (Phi) is 5.98. The van der Waals surface area contributed by atoms with E-state index in [9.17, 15) is 14.4 Å². The van der Waals surface area contributed by atoms with Crippen molar-refractivity contribution in [2.24, 2.45) is 0 Å². The molecule has 1 rings (SSSR count). The van der Waals surface area contributed by atoms with Gasteiger partial charge in [0, 0.05) is 6.54 Å². The molecule has 1 heterocycles. The average molecular weight is 299 g/mol. The molecule has 0 aliphatic carbocycles. The number of rotatable bonds is 6. The summed E-state index contributed by atoms with van der Waals surface area (Å²) in [5.74, 6) is -1.40. The molecular formula is C12H17N3O4S. The van der Waals surface area contributed by atoms with Gasteiger partial charge in [-0.1, -0.05) is 6.92 Å². The van der Waals surface area contributed by atoms with Crippen molar-refractivity contribution in [2.45, 2.75) is 26.3 Å². The normalized spacial score (nSPS) is 11.5. The highest BCUT2D eigenvalue weighted by Gasteiger charge is 2.17. The van der Waals surface area contributed by atoms with Crippen molar-refractivity contribution >= 4 is 34.2 Å². The lowest BCUT2D eigenvalue weighted by molar-refractivity contribution is -0.122. The van der Waals surface area contributed by atoms with E-state index in [0.717, 1.165) is 17.8 Å².